The summed E-state index contributed by atoms with van der Waals surface area (Å²) in [6.45, 7) is 4.19. The molecular weight excluding hydrogens is 156 g/mol. The van der Waals surface area contributed by atoms with Gasteiger partial charge in [-0.1, -0.05) is 25.4 Å². The van der Waals surface area contributed by atoms with Crippen LogP contribution in [-0.2, 0) is 4.79 Å². The third-order valence-corrected chi connectivity index (χ3v) is 1.60. The first-order chi connectivity index (χ1) is 5.57. The lowest BCUT2D eigenvalue weighted by Crippen LogP contribution is -2.23. The van der Waals surface area contributed by atoms with E-state index in [9.17, 15) is 4.79 Å². The quantitative estimate of drug-likeness (QED) is 0.370. The molecule has 0 bridgehead atoms. The smallest absolute Gasteiger partial charge is 0.266 e. The molecule has 70 valence electrons. The molecule has 3 N–H and O–H groups in total. The lowest BCUT2D eigenvalue weighted by molar-refractivity contribution is -0.112. The summed E-state index contributed by atoms with van der Waals surface area (Å²) in [7, 11) is 0. The molecule has 12 heavy (non-hydrogen) atoms. The van der Waals surface area contributed by atoms with Gasteiger partial charge in [0.15, 0.2) is 0 Å². The first-order valence-corrected chi connectivity index (χ1v) is 4.08. The van der Waals surface area contributed by atoms with Crippen molar-refractivity contribution in [2.75, 3.05) is 0 Å². The second-order valence-corrected chi connectivity index (χ2v) is 3.20. The van der Waals surface area contributed by atoms with Gasteiger partial charge in [-0.15, -0.1) is 0 Å². The molecule has 0 aromatic rings. The molecular formula is C8H16N2O2. The third-order valence-electron chi connectivity index (χ3n) is 1.60. The second-order valence-electron chi connectivity index (χ2n) is 3.20. The van der Waals surface area contributed by atoms with Crippen LogP contribution in [0.4, 0.5) is 0 Å². The normalized spacial score (nSPS) is 12.1. The molecule has 0 radical (unpaired) electrons. The molecule has 0 aliphatic carbocycles. The number of oxime groups is 1. The molecule has 0 rings (SSSR count). The zero-order chi connectivity index (χ0) is 9.56. The highest BCUT2D eigenvalue weighted by Gasteiger charge is 2.07. The summed E-state index contributed by atoms with van der Waals surface area (Å²) < 4.78 is 0. The summed E-state index contributed by atoms with van der Waals surface area (Å²) in [5.74, 6) is -0.0425. The molecule has 0 atom stereocenters. The van der Waals surface area contributed by atoms with Gasteiger partial charge in [0.1, 0.15) is 5.71 Å². The average Bonchev–Trinajstić information content (AvgIpc) is 1.96. The van der Waals surface area contributed by atoms with E-state index in [1.807, 2.05) is 0 Å². The molecule has 0 aromatic carbocycles. The van der Waals surface area contributed by atoms with E-state index in [-0.39, 0.29) is 5.71 Å². The monoisotopic (exact) mass is 172 g/mol. The lowest BCUT2D eigenvalue weighted by Gasteiger charge is -2.03. The van der Waals surface area contributed by atoms with Crippen molar-refractivity contribution in [1.82, 2.24) is 0 Å². The largest absolute Gasteiger partial charge is 0.410 e. The molecule has 0 spiro atoms. The van der Waals surface area contributed by atoms with Crippen molar-refractivity contribution in [3.8, 4) is 0 Å². The Balaban J connectivity index is 3.68. The fourth-order valence-corrected chi connectivity index (χ4v) is 0.900. The van der Waals surface area contributed by atoms with Gasteiger partial charge in [0.2, 0.25) is 0 Å². The summed E-state index contributed by atoms with van der Waals surface area (Å²) in [6, 6.07) is 0. The van der Waals surface area contributed by atoms with Crippen LogP contribution in [0.5, 0.6) is 0 Å². The van der Waals surface area contributed by atoms with Gasteiger partial charge in [-0.25, -0.2) is 0 Å². The van der Waals surface area contributed by atoms with E-state index in [0.29, 0.717) is 12.3 Å². The number of nitrogens with two attached hydrogens (primary N) is 1. The van der Waals surface area contributed by atoms with Crippen molar-refractivity contribution < 1.29 is 10.0 Å². The molecule has 0 heterocycles. The van der Waals surface area contributed by atoms with Gasteiger partial charge in [-0.2, -0.15) is 0 Å². The van der Waals surface area contributed by atoms with Gasteiger partial charge < -0.3 is 10.9 Å². The maximum absolute atomic E-state index is 10.5. The third kappa shape index (κ3) is 4.71. The summed E-state index contributed by atoms with van der Waals surface area (Å²) in [6.07, 6.45) is 2.30. The fraction of sp³-hybridized carbons (Fsp3) is 0.750. The van der Waals surface area contributed by atoms with Crippen LogP contribution in [0.1, 0.15) is 33.1 Å². The van der Waals surface area contributed by atoms with Gasteiger partial charge in [0.05, 0.1) is 0 Å². The summed E-state index contributed by atoms with van der Waals surface area (Å²) in [5, 5.41) is 11.2. The molecule has 0 saturated heterocycles. The predicted molar refractivity (Wildman–Crippen MR) is 47.1 cm³/mol. The van der Waals surface area contributed by atoms with Crippen LogP contribution in [-0.4, -0.2) is 16.8 Å². The Labute approximate surface area is 72.4 Å². The standard InChI is InChI=1S/C8H16N2O2/c1-6(2)4-3-5-7(10-12)8(9)11/h6,12H,3-5H2,1-2H3,(H2,9,11). The number of hydrogen-bond donors (Lipinski definition) is 2. The Morgan fingerprint density at radius 1 is 1.58 bits per heavy atom. The van der Waals surface area contributed by atoms with Crippen LogP contribution in [0.3, 0.4) is 0 Å². The number of nitrogens with zero attached hydrogens (tertiary/aromatic N) is 1. The van der Waals surface area contributed by atoms with Crippen LogP contribution in [0.15, 0.2) is 5.16 Å². The highest BCUT2D eigenvalue weighted by atomic mass is 16.4. The molecule has 0 aliphatic rings. The Kier molecular flexibility index (Phi) is 5.08. The van der Waals surface area contributed by atoms with E-state index in [1.165, 1.54) is 0 Å². The number of amides is 1. The van der Waals surface area contributed by atoms with Crippen LogP contribution >= 0.6 is 0 Å². The maximum atomic E-state index is 10.5. The molecule has 0 fully saturated rings. The number of rotatable bonds is 5. The highest BCUT2D eigenvalue weighted by molar-refractivity contribution is 6.38. The molecule has 4 heteroatoms. The highest BCUT2D eigenvalue weighted by Crippen LogP contribution is 2.06. The van der Waals surface area contributed by atoms with Crippen molar-refractivity contribution >= 4 is 11.6 Å². The van der Waals surface area contributed by atoms with Gasteiger partial charge in [0.25, 0.3) is 5.91 Å². The van der Waals surface area contributed by atoms with Gasteiger partial charge in [0, 0.05) is 0 Å². The number of hydrogen-bond acceptors (Lipinski definition) is 3. The Morgan fingerprint density at radius 3 is 2.50 bits per heavy atom. The van der Waals surface area contributed by atoms with Crippen LogP contribution in [0, 0.1) is 5.92 Å². The van der Waals surface area contributed by atoms with Crippen LogP contribution < -0.4 is 5.73 Å². The predicted octanol–water partition coefficient (Wildman–Crippen LogP) is 1.13. The number of carbonyl (C=O) groups excluding carboxylic acids is 1. The minimum atomic E-state index is -0.638. The molecule has 0 unspecified atom stereocenters. The zero-order valence-electron chi connectivity index (χ0n) is 7.58. The van der Waals surface area contributed by atoms with E-state index >= 15 is 0 Å². The summed E-state index contributed by atoms with van der Waals surface area (Å²) >= 11 is 0. The van der Waals surface area contributed by atoms with E-state index in [1.54, 1.807) is 0 Å². The number of carbonyl (C=O) groups is 1. The maximum Gasteiger partial charge on any atom is 0.266 e. The van der Waals surface area contributed by atoms with Crippen molar-refractivity contribution in [2.24, 2.45) is 16.8 Å². The SMILES string of the molecule is CC(C)CCCC(=NO)C(N)=O. The first-order valence-electron chi connectivity index (χ1n) is 4.08. The molecule has 0 aliphatic heterocycles. The van der Waals surface area contributed by atoms with E-state index in [0.717, 1.165) is 12.8 Å². The van der Waals surface area contributed by atoms with E-state index in [4.69, 9.17) is 10.9 Å². The Hall–Kier alpha value is -1.06. The first kappa shape index (κ1) is 10.9. The van der Waals surface area contributed by atoms with Crippen molar-refractivity contribution in [3.05, 3.63) is 0 Å². The van der Waals surface area contributed by atoms with Crippen molar-refractivity contribution in [1.29, 1.82) is 0 Å². The van der Waals surface area contributed by atoms with E-state index in [2.05, 4.69) is 19.0 Å². The molecule has 1 amide bonds. The van der Waals surface area contributed by atoms with Gasteiger partial charge in [-0.3, -0.25) is 4.79 Å². The average molecular weight is 172 g/mol. The minimum Gasteiger partial charge on any atom is -0.410 e. The zero-order valence-corrected chi connectivity index (χ0v) is 7.58. The molecule has 0 aromatic heterocycles. The van der Waals surface area contributed by atoms with Crippen LogP contribution in [0.25, 0.3) is 0 Å². The summed E-state index contributed by atoms with van der Waals surface area (Å²) in [5.41, 5.74) is 5.00. The van der Waals surface area contributed by atoms with Crippen LogP contribution in [0.2, 0.25) is 0 Å². The van der Waals surface area contributed by atoms with Gasteiger partial charge in [-0.05, 0) is 18.8 Å². The Bertz CT molecular complexity index is 176. The lowest BCUT2D eigenvalue weighted by atomic mass is 10.0. The molecule has 4 nitrogen and oxygen atoms in total. The van der Waals surface area contributed by atoms with E-state index < -0.39 is 5.91 Å². The summed E-state index contributed by atoms with van der Waals surface area (Å²) in [4.78, 5) is 10.5. The van der Waals surface area contributed by atoms with Crippen molar-refractivity contribution in [3.63, 3.8) is 0 Å². The number of primary amides is 1. The second kappa shape index (κ2) is 5.57. The van der Waals surface area contributed by atoms with Gasteiger partial charge >= 0.3 is 0 Å². The minimum absolute atomic E-state index is 0.0654. The topological polar surface area (TPSA) is 75.7 Å². The Morgan fingerprint density at radius 2 is 2.17 bits per heavy atom. The van der Waals surface area contributed by atoms with Crippen molar-refractivity contribution in [2.45, 2.75) is 33.1 Å². The fourth-order valence-electron chi connectivity index (χ4n) is 0.900. The molecule has 0 saturated carbocycles.